The molecule has 6 nitrogen and oxygen atoms in total. The number of carbonyl (C=O) groups is 3. The van der Waals surface area contributed by atoms with Crippen LogP contribution in [0.3, 0.4) is 0 Å². The summed E-state index contributed by atoms with van der Waals surface area (Å²) >= 11 is 2.90. The summed E-state index contributed by atoms with van der Waals surface area (Å²) < 4.78 is 0. The largest absolute Gasteiger partial charge is 0.325 e. The van der Waals surface area contributed by atoms with Crippen molar-refractivity contribution < 1.29 is 14.4 Å². The van der Waals surface area contributed by atoms with E-state index in [9.17, 15) is 14.4 Å². The molecule has 0 fully saturated rings. The van der Waals surface area contributed by atoms with E-state index in [2.05, 4.69) is 16.0 Å². The van der Waals surface area contributed by atoms with E-state index in [1.165, 1.54) is 23.1 Å². The zero-order chi connectivity index (χ0) is 27.8. The Hall–Kier alpha value is -4.14. The smallest absolute Gasteiger partial charge is 0.272 e. The van der Waals surface area contributed by atoms with Gasteiger partial charge in [-0.2, -0.15) is 11.3 Å². The maximum Gasteiger partial charge on any atom is 0.272 e. The zero-order valence-electron chi connectivity index (χ0n) is 21.9. The molecule has 1 aromatic heterocycles. The van der Waals surface area contributed by atoms with Crippen molar-refractivity contribution in [2.24, 2.45) is 0 Å². The first-order chi connectivity index (χ1) is 18.8. The Morgan fingerprint density at radius 2 is 1.69 bits per heavy atom. The maximum absolute atomic E-state index is 13.2. The van der Waals surface area contributed by atoms with Crippen LogP contribution < -0.4 is 16.0 Å². The highest BCUT2D eigenvalue weighted by Crippen LogP contribution is 2.27. The highest BCUT2D eigenvalue weighted by molar-refractivity contribution is 8.00. The lowest BCUT2D eigenvalue weighted by molar-refractivity contribution is -0.115. The van der Waals surface area contributed by atoms with Gasteiger partial charge in [0.15, 0.2) is 0 Å². The van der Waals surface area contributed by atoms with E-state index in [-0.39, 0.29) is 22.8 Å². The molecular formula is C31H29N3O3S2. The van der Waals surface area contributed by atoms with E-state index >= 15 is 0 Å². The van der Waals surface area contributed by atoms with Crippen molar-refractivity contribution >= 4 is 58.3 Å². The predicted octanol–water partition coefficient (Wildman–Crippen LogP) is 6.89. The second-order valence-electron chi connectivity index (χ2n) is 8.98. The number of aryl methyl sites for hydroxylation is 2. The van der Waals surface area contributed by atoms with Crippen molar-refractivity contribution in [2.75, 3.05) is 10.6 Å². The molecule has 0 radical (unpaired) electrons. The third kappa shape index (κ3) is 7.92. The highest BCUT2D eigenvalue weighted by atomic mass is 32.2. The molecule has 4 rings (SSSR count). The van der Waals surface area contributed by atoms with Crippen molar-refractivity contribution in [1.29, 1.82) is 0 Å². The zero-order valence-corrected chi connectivity index (χ0v) is 23.5. The first kappa shape index (κ1) is 27.9. The molecule has 0 bridgehead atoms. The number of hydrogen-bond donors (Lipinski definition) is 3. The minimum atomic E-state index is -0.451. The Morgan fingerprint density at radius 1 is 0.897 bits per heavy atom. The number of hydrogen-bond acceptors (Lipinski definition) is 5. The Labute approximate surface area is 236 Å². The first-order valence-corrected chi connectivity index (χ1v) is 14.2. The summed E-state index contributed by atoms with van der Waals surface area (Å²) in [4.78, 5) is 39.7. The van der Waals surface area contributed by atoms with Crippen molar-refractivity contribution in [1.82, 2.24) is 5.32 Å². The third-order valence-electron chi connectivity index (χ3n) is 5.81. The molecule has 0 saturated carbocycles. The SMILES string of the molecule is Cc1ccc(C)c(NC(=O)C(C)Sc2cccc(NC(=O)/C(=C/c3ccsc3)NC(=O)c3ccccc3)c2)c1. The van der Waals surface area contributed by atoms with Crippen molar-refractivity contribution in [3.63, 3.8) is 0 Å². The lowest BCUT2D eigenvalue weighted by Crippen LogP contribution is -2.30. The number of thioether (sulfide) groups is 1. The van der Waals surface area contributed by atoms with E-state index in [0.717, 1.165) is 27.3 Å². The van der Waals surface area contributed by atoms with Crippen LogP contribution in [0.2, 0.25) is 0 Å². The third-order valence-corrected chi connectivity index (χ3v) is 7.60. The van der Waals surface area contributed by atoms with Crippen LogP contribution in [-0.4, -0.2) is 23.0 Å². The number of carbonyl (C=O) groups excluding carboxylic acids is 3. The molecule has 4 aromatic rings. The Balaban J connectivity index is 1.45. The van der Waals surface area contributed by atoms with E-state index in [0.29, 0.717) is 11.3 Å². The van der Waals surface area contributed by atoms with Gasteiger partial charge in [-0.1, -0.05) is 36.4 Å². The summed E-state index contributed by atoms with van der Waals surface area (Å²) in [5.74, 6) is -0.929. The Bertz CT molecular complexity index is 1500. The van der Waals surface area contributed by atoms with Crippen LogP contribution in [-0.2, 0) is 9.59 Å². The molecule has 1 unspecified atom stereocenters. The van der Waals surface area contributed by atoms with Gasteiger partial charge in [-0.25, -0.2) is 0 Å². The number of amides is 3. The molecule has 3 amide bonds. The van der Waals surface area contributed by atoms with Crippen molar-refractivity contribution in [3.05, 3.63) is 118 Å². The van der Waals surface area contributed by atoms with E-state index in [4.69, 9.17) is 0 Å². The topological polar surface area (TPSA) is 87.3 Å². The summed E-state index contributed by atoms with van der Waals surface area (Å²) in [5.41, 5.74) is 4.82. The molecule has 8 heteroatoms. The van der Waals surface area contributed by atoms with Gasteiger partial charge in [-0.3, -0.25) is 14.4 Å². The lowest BCUT2D eigenvalue weighted by atomic mass is 10.1. The highest BCUT2D eigenvalue weighted by Gasteiger charge is 2.18. The second-order valence-corrected chi connectivity index (χ2v) is 11.2. The van der Waals surface area contributed by atoms with Crippen LogP contribution in [0, 0.1) is 13.8 Å². The first-order valence-electron chi connectivity index (χ1n) is 12.3. The number of anilines is 2. The Kier molecular flexibility index (Phi) is 9.35. The molecule has 0 aliphatic rings. The van der Waals surface area contributed by atoms with Crippen LogP contribution in [0.1, 0.15) is 34.0 Å². The van der Waals surface area contributed by atoms with Gasteiger partial charge >= 0.3 is 0 Å². The standard InChI is InChI=1S/C31H29N3O3S2/c1-20-12-13-21(2)27(16-20)33-29(35)22(3)39-26-11-7-10-25(18-26)32-31(37)28(17-23-14-15-38-19-23)34-30(36)24-8-5-4-6-9-24/h4-19,22H,1-3H3,(H,32,37)(H,33,35)(H,34,36)/b28-17-. The fourth-order valence-electron chi connectivity index (χ4n) is 3.67. The molecule has 3 aromatic carbocycles. The number of rotatable bonds is 9. The van der Waals surface area contributed by atoms with Crippen LogP contribution in [0.5, 0.6) is 0 Å². The number of benzene rings is 3. The summed E-state index contributed by atoms with van der Waals surface area (Å²) in [6.45, 7) is 5.79. The van der Waals surface area contributed by atoms with Gasteiger partial charge in [0.2, 0.25) is 5.91 Å². The summed E-state index contributed by atoms with van der Waals surface area (Å²) in [5, 5.41) is 12.1. The molecule has 0 saturated heterocycles. The van der Waals surface area contributed by atoms with Gasteiger partial charge in [0, 0.05) is 21.8 Å². The molecule has 198 valence electrons. The van der Waals surface area contributed by atoms with Crippen molar-refractivity contribution in [2.45, 2.75) is 30.9 Å². The molecule has 0 aliphatic heterocycles. The molecule has 3 N–H and O–H groups in total. The normalized spacial score (nSPS) is 11.9. The van der Waals surface area contributed by atoms with Gasteiger partial charge in [-0.15, -0.1) is 11.8 Å². The van der Waals surface area contributed by atoms with Crippen LogP contribution in [0.25, 0.3) is 6.08 Å². The predicted molar refractivity (Wildman–Crippen MR) is 161 cm³/mol. The number of thiophene rings is 1. The molecular weight excluding hydrogens is 526 g/mol. The van der Waals surface area contributed by atoms with Crippen LogP contribution in [0.15, 0.2) is 100 Å². The fourth-order valence-corrected chi connectivity index (χ4v) is 5.22. The molecule has 1 atom stereocenters. The summed E-state index contributed by atoms with van der Waals surface area (Å²) in [6.07, 6.45) is 1.64. The molecule has 0 aliphatic carbocycles. The van der Waals surface area contributed by atoms with Crippen LogP contribution >= 0.6 is 23.1 Å². The molecule has 1 heterocycles. The molecule has 39 heavy (non-hydrogen) atoms. The van der Waals surface area contributed by atoms with Crippen LogP contribution in [0.4, 0.5) is 11.4 Å². The Morgan fingerprint density at radius 3 is 2.44 bits per heavy atom. The maximum atomic E-state index is 13.2. The average Bonchev–Trinajstić information content (AvgIpc) is 3.44. The summed E-state index contributed by atoms with van der Waals surface area (Å²) in [7, 11) is 0. The molecule has 0 spiro atoms. The van der Waals surface area contributed by atoms with E-state index < -0.39 is 5.91 Å². The van der Waals surface area contributed by atoms with E-state index in [1.807, 2.05) is 80.1 Å². The monoisotopic (exact) mass is 555 g/mol. The van der Waals surface area contributed by atoms with E-state index in [1.54, 1.807) is 36.4 Å². The van der Waals surface area contributed by atoms with Gasteiger partial charge in [0.25, 0.3) is 11.8 Å². The quantitative estimate of drug-likeness (QED) is 0.155. The summed E-state index contributed by atoms with van der Waals surface area (Å²) in [6, 6.07) is 23.8. The van der Waals surface area contributed by atoms with Gasteiger partial charge in [0.1, 0.15) is 5.70 Å². The minimum Gasteiger partial charge on any atom is -0.325 e. The van der Waals surface area contributed by atoms with Gasteiger partial charge in [0.05, 0.1) is 5.25 Å². The van der Waals surface area contributed by atoms with Gasteiger partial charge in [-0.05, 0) is 96.8 Å². The van der Waals surface area contributed by atoms with Gasteiger partial charge < -0.3 is 16.0 Å². The minimum absolute atomic E-state index is 0.104. The van der Waals surface area contributed by atoms with Crippen molar-refractivity contribution in [3.8, 4) is 0 Å². The average molecular weight is 556 g/mol. The number of nitrogens with one attached hydrogen (secondary N) is 3. The fraction of sp³-hybridized carbons (Fsp3) is 0.129. The lowest BCUT2D eigenvalue weighted by Gasteiger charge is -2.15. The second kappa shape index (κ2) is 13.1.